The van der Waals surface area contributed by atoms with Gasteiger partial charge in [0, 0.05) is 11.3 Å². The van der Waals surface area contributed by atoms with Crippen LogP contribution < -0.4 is 9.64 Å². The molecule has 0 saturated carbocycles. The molecule has 2 aromatic rings. The zero-order chi connectivity index (χ0) is 18.4. The van der Waals surface area contributed by atoms with Crippen molar-refractivity contribution in [1.29, 1.82) is 0 Å². The van der Waals surface area contributed by atoms with Crippen molar-refractivity contribution >= 4 is 24.5 Å². The average Bonchev–Trinajstić information content (AvgIpc) is 3.06. The molecule has 0 radical (unpaired) electrons. The Morgan fingerprint density at radius 2 is 1.81 bits per heavy atom. The van der Waals surface area contributed by atoms with Crippen LogP contribution in [0.5, 0.6) is 5.75 Å². The number of anilines is 1. The van der Waals surface area contributed by atoms with E-state index in [0.29, 0.717) is 30.0 Å². The van der Waals surface area contributed by atoms with Gasteiger partial charge in [-0.15, -0.1) is 0 Å². The van der Waals surface area contributed by atoms with Gasteiger partial charge in [0.05, 0.1) is 6.54 Å². The number of benzene rings is 2. The number of ether oxygens (including phenoxy) is 3. The number of carbonyl (C=O) groups is 3. The van der Waals surface area contributed by atoms with Crippen molar-refractivity contribution in [1.82, 2.24) is 0 Å². The Labute approximate surface area is 150 Å². The normalized spacial score (nSPS) is 16.1. The number of hydrogen-bond acceptors (Lipinski definition) is 6. The molecule has 1 heterocycles. The molecule has 0 N–H and O–H groups in total. The molecular weight excluding hydrogens is 338 g/mol. The highest BCUT2D eigenvalue weighted by atomic mass is 16.6. The van der Waals surface area contributed by atoms with Gasteiger partial charge in [-0.25, -0.2) is 4.79 Å². The highest BCUT2D eigenvalue weighted by molar-refractivity contribution is 5.90. The molecule has 1 amide bonds. The molecule has 3 rings (SSSR count). The zero-order valence-corrected chi connectivity index (χ0v) is 13.9. The Kier molecular flexibility index (Phi) is 5.48. The van der Waals surface area contributed by atoms with Crippen LogP contribution in [0, 0.1) is 0 Å². The zero-order valence-electron chi connectivity index (χ0n) is 13.9. The molecule has 26 heavy (non-hydrogen) atoms. The van der Waals surface area contributed by atoms with Crippen LogP contribution in [-0.2, 0) is 20.9 Å². The number of rotatable bonds is 8. The highest BCUT2D eigenvalue weighted by Gasteiger charge is 2.32. The number of hydrogen-bond donors (Lipinski definition) is 0. The fourth-order valence-electron chi connectivity index (χ4n) is 2.55. The average molecular weight is 355 g/mol. The van der Waals surface area contributed by atoms with E-state index in [1.807, 2.05) is 0 Å². The van der Waals surface area contributed by atoms with E-state index in [2.05, 4.69) is 4.74 Å². The largest absolute Gasteiger partial charge is 0.490 e. The van der Waals surface area contributed by atoms with E-state index < -0.39 is 12.2 Å². The second kappa shape index (κ2) is 8.15. The maximum absolute atomic E-state index is 12.0. The van der Waals surface area contributed by atoms with E-state index in [-0.39, 0.29) is 13.2 Å². The summed E-state index contributed by atoms with van der Waals surface area (Å²) in [5.41, 5.74) is 2.06. The first-order chi connectivity index (χ1) is 12.7. The van der Waals surface area contributed by atoms with Crippen LogP contribution in [0.1, 0.15) is 15.9 Å². The summed E-state index contributed by atoms with van der Waals surface area (Å²) in [6, 6.07) is 13.8. The van der Waals surface area contributed by atoms with Gasteiger partial charge < -0.3 is 14.2 Å². The van der Waals surface area contributed by atoms with E-state index in [4.69, 9.17) is 9.47 Å². The molecule has 7 nitrogen and oxygen atoms in total. The summed E-state index contributed by atoms with van der Waals surface area (Å²) in [5.74, 6) is 0.629. The summed E-state index contributed by atoms with van der Waals surface area (Å²) in [5, 5.41) is 0. The summed E-state index contributed by atoms with van der Waals surface area (Å²) in [7, 11) is 0. The van der Waals surface area contributed by atoms with Crippen molar-refractivity contribution in [2.45, 2.75) is 12.7 Å². The van der Waals surface area contributed by atoms with E-state index in [9.17, 15) is 14.4 Å². The Hall–Kier alpha value is -3.35. The van der Waals surface area contributed by atoms with E-state index in [0.717, 1.165) is 11.8 Å². The smallest absolute Gasteiger partial charge is 0.414 e. The monoisotopic (exact) mass is 355 g/mol. The number of cyclic esters (lactones) is 1. The van der Waals surface area contributed by atoms with Crippen LogP contribution in [-0.4, -0.2) is 38.1 Å². The standard InChI is InChI=1S/C19H17NO6/c21-10-14-1-5-16(6-2-14)20-9-18(26-19(20)23)12-25-17-7-3-15(4-8-17)11-24-13-22/h1-8,10,13,18H,9,11-12H2. The molecule has 0 aliphatic carbocycles. The molecule has 134 valence electrons. The second-order valence-electron chi connectivity index (χ2n) is 5.69. The number of amides is 1. The number of aldehydes is 1. The maximum Gasteiger partial charge on any atom is 0.414 e. The van der Waals surface area contributed by atoms with Crippen molar-refractivity contribution in [3.63, 3.8) is 0 Å². The summed E-state index contributed by atoms with van der Waals surface area (Å²) in [6.45, 7) is 1.20. The third-order valence-corrected chi connectivity index (χ3v) is 3.89. The van der Waals surface area contributed by atoms with Gasteiger partial charge in [-0.3, -0.25) is 14.5 Å². The fourth-order valence-corrected chi connectivity index (χ4v) is 2.55. The van der Waals surface area contributed by atoms with Crippen LogP contribution >= 0.6 is 0 Å². The Balaban J connectivity index is 1.53. The van der Waals surface area contributed by atoms with Crippen LogP contribution in [0.4, 0.5) is 10.5 Å². The molecule has 1 unspecified atom stereocenters. The van der Waals surface area contributed by atoms with E-state index in [1.54, 1.807) is 48.5 Å². The molecule has 1 atom stereocenters. The highest BCUT2D eigenvalue weighted by Crippen LogP contribution is 2.22. The molecule has 1 aliphatic rings. The minimum absolute atomic E-state index is 0.210. The van der Waals surface area contributed by atoms with Gasteiger partial charge in [-0.1, -0.05) is 12.1 Å². The van der Waals surface area contributed by atoms with Gasteiger partial charge >= 0.3 is 6.09 Å². The topological polar surface area (TPSA) is 82.1 Å². The minimum atomic E-state index is -0.446. The van der Waals surface area contributed by atoms with Crippen LogP contribution in [0.15, 0.2) is 48.5 Å². The van der Waals surface area contributed by atoms with Crippen LogP contribution in [0.25, 0.3) is 0 Å². The van der Waals surface area contributed by atoms with Gasteiger partial charge in [0.25, 0.3) is 6.47 Å². The maximum atomic E-state index is 12.0. The third kappa shape index (κ3) is 4.18. The quantitative estimate of drug-likeness (QED) is 0.677. The molecule has 1 saturated heterocycles. The van der Waals surface area contributed by atoms with E-state index in [1.165, 1.54) is 4.90 Å². The SMILES string of the molecule is O=COCc1ccc(OCC2CN(c3ccc(C=O)cc3)C(=O)O2)cc1. The summed E-state index contributed by atoms with van der Waals surface area (Å²) < 4.78 is 15.7. The van der Waals surface area contributed by atoms with Crippen molar-refractivity contribution in [3.05, 3.63) is 59.7 Å². The summed E-state index contributed by atoms with van der Waals surface area (Å²) in [4.78, 5) is 34.4. The molecule has 0 bridgehead atoms. The van der Waals surface area contributed by atoms with E-state index >= 15 is 0 Å². The van der Waals surface area contributed by atoms with Crippen LogP contribution in [0.2, 0.25) is 0 Å². The summed E-state index contributed by atoms with van der Waals surface area (Å²) >= 11 is 0. The third-order valence-electron chi connectivity index (χ3n) is 3.89. The Morgan fingerprint density at radius 1 is 1.08 bits per heavy atom. The van der Waals surface area contributed by atoms with Gasteiger partial charge in [-0.2, -0.15) is 0 Å². The molecule has 7 heteroatoms. The molecule has 0 spiro atoms. The first-order valence-corrected chi connectivity index (χ1v) is 8.00. The van der Waals surface area contributed by atoms with Crippen molar-refractivity contribution in [2.24, 2.45) is 0 Å². The second-order valence-corrected chi connectivity index (χ2v) is 5.69. The number of carbonyl (C=O) groups excluding carboxylic acids is 3. The lowest BCUT2D eigenvalue weighted by Gasteiger charge is -2.13. The Bertz CT molecular complexity index is 772. The van der Waals surface area contributed by atoms with Crippen molar-refractivity contribution < 1.29 is 28.6 Å². The lowest BCUT2D eigenvalue weighted by atomic mass is 10.2. The predicted octanol–water partition coefficient (Wildman–Crippen LogP) is 2.58. The minimum Gasteiger partial charge on any atom is -0.490 e. The molecule has 1 fully saturated rings. The van der Waals surface area contributed by atoms with Gasteiger partial charge in [0.15, 0.2) is 6.10 Å². The lowest BCUT2D eigenvalue weighted by molar-refractivity contribution is -0.129. The lowest BCUT2D eigenvalue weighted by Crippen LogP contribution is -2.26. The van der Waals surface area contributed by atoms with Gasteiger partial charge in [0.2, 0.25) is 0 Å². The molecule has 0 aromatic heterocycles. The number of nitrogens with zero attached hydrogens (tertiary/aromatic N) is 1. The van der Waals surface area contributed by atoms with Gasteiger partial charge in [0.1, 0.15) is 25.2 Å². The first-order valence-electron chi connectivity index (χ1n) is 8.00. The summed E-state index contributed by atoms with van der Waals surface area (Å²) in [6.07, 6.45) is -0.0934. The molecular formula is C19H17NO6. The fraction of sp³-hybridized carbons (Fsp3) is 0.211. The predicted molar refractivity (Wildman–Crippen MR) is 92.2 cm³/mol. The molecule has 1 aliphatic heterocycles. The van der Waals surface area contributed by atoms with Crippen molar-refractivity contribution in [2.75, 3.05) is 18.1 Å². The van der Waals surface area contributed by atoms with Crippen LogP contribution in [0.3, 0.4) is 0 Å². The van der Waals surface area contributed by atoms with Gasteiger partial charge in [-0.05, 0) is 42.0 Å². The van der Waals surface area contributed by atoms with Crippen molar-refractivity contribution in [3.8, 4) is 5.75 Å². The first kappa shape index (κ1) is 17.5. The molecule has 2 aromatic carbocycles. The Morgan fingerprint density at radius 3 is 2.46 bits per heavy atom.